The molecule has 0 radical (unpaired) electrons. The van der Waals surface area contributed by atoms with Crippen LogP contribution in [0, 0.1) is 5.82 Å². The van der Waals surface area contributed by atoms with E-state index in [0.717, 1.165) is 12.0 Å². The number of benzene rings is 2. The molecule has 2 heteroatoms. The Kier molecular flexibility index (Phi) is 3.89. The van der Waals surface area contributed by atoms with Crippen molar-refractivity contribution in [1.82, 2.24) is 0 Å². The molecule has 0 amide bonds. The van der Waals surface area contributed by atoms with E-state index >= 15 is 0 Å². The molecule has 1 nitrogen and oxygen atoms in total. The topological polar surface area (TPSA) is 26.0 Å². The molecule has 2 rings (SSSR count). The zero-order chi connectivity index (χ0) is 12.1. The lowest BCUT2D eigenvalue weighted by atomic mass is 9.89. The third-order valence-electron chi connectivity index (χ3n) is 2.93. The molecule has 2 aromatic carbocycles. The van der Waals surface area contributed by atoms with Gasteiger partial charge in [0.15, 0.2) is 0 Å². The normalized spacial score (nSPS) is 12.4. The summed E-state index contributed by atoms with van der Waals surface area (Å²) >= 11 is 0. The first-order valence-corrected chi connectivity index (χ1v) is 5.81. The maximum absolute atomic E-state index is 12.9. The van der Waals surface area contributed by atoms with Gasteiger partial charge in [-0.3, -0.25) is 0 Å². The summed E-state index contributed by atoms with van der Waals surface area (Å²) in [5, 5.41) is 0. The molecule has 2 aromatic rings. The molecule has 17 heavy (non-hydrogen) atoms. The Labute approximate surface area is 101 Å². The second-order valence-corrected chi connectivity index (χ2v) is 4.09. The smallest absolute Gasteiger partial charge is 0.123 e. The van der Waals surface area contributed by atoms with Gasteiger partial charge in [0.05, 0.1) is 0 Å². The molecule has 0 unspecified atom stereocenters. The molecule has 0 aliphatic rings. The molecule has 2 N–H and O–H groups in total. The van der Waals surface area contributed by atoms with E-state index < -0.39 is 0 Å². The Morgan fingerprint density at radius 2 is 1.47 bits per heavy atom. The molecule has 0 fully saturated rings. The third kappa shape index (κ3) is 2.92. The molecule has 0 aliphatic heterocycles. The van der Waals surface area contributed by atoms with Gasteiger partial charge in [0.2, 0.25) is 0 Å². The fourth-order valence-electron chi connectivity index (χ4n) is 2.07. The summed E-state index contributed by atoms with van der Waals surface area (Å²) in [7, 11) is 0. The van der Waals surface area contributed by atoms with Crippen LogP contribution in [0.2, 0.25) is 0 Å². The number of halogens is 1. The van der Waals surface area contributed by atoms with Crippen molar-refractivity contribution >= 4 is 0 Å². The molecule has 0 spiro atoms. The van der Waals surface area contributed by atoms with Gasteiger partial charge < -0.3 is 5.73 Å². The van der Waals surface area contributed by atoms with Crippen molar-refractivity contribution in [2.24, 2.45) is 5.73 Å². The van der Waals surface area contributed by atoms with Crippen molar-refractivity contribution in [1.29, 1.82) is 0 Å². The third-order valence-corrected chi connectivity index (χ3v) is 2.93. The average Bonchev–Trinajstić information content (AvgIpc) is 2.38. The Bertz CT molecular complexity index is 450. The van der Waals surface area contributed by atoms with E-state index in [1.54, 1.807) is 0 Å². The van der Waals surface area contributed by atoms with Gasteiger partial charge in [0.1, 0.15) is 5.82 Å². The minimum atomic E-state index is -0.201. The molecule has 0 aliphatic carbocycles. The zero-order valence-corrected chi connectivity index (χ0v) is 9.64. The SMILES string of the molecule is NCC[C@H](c1ccccc1)c1ccc(F)cc1. The molecular weight excluding hydrogens is 213 g/mol. The van der Waals surface area contributed by atoms with Crippen LogP contribution in [-0.2, 0) is 0 Å². The lowest BCUT2D eigenvalue weighted by Gasteiger charge is -2.17. The molecule has 0 heterocycles. The van der Waals surface area contributed by atoms with Crippen LogP contribution in [-0.4, -0.2) is 6.54 Å². The van der Waals surface area contributed by atoms with E-state index in [1.165, 1.54) is 17.7 Å². The van der Waals surface area contributed by atoms with Crippen molar-refractivity contribution in [2.75, 3.05) is 6.54 Å². The predicted octanol–water partition coefficient (Wildman–Crippen LogP) is 3.31. The molecule has 0 bridgehead atoms. The first kappa shape index (κ1) is 11.8. The minimum Gasteiger partial charge on any atom is -0.330 e. The summed E-state index contributed by atoms with van der Waals surface area (Å²) in [5.41, 5.74) is 8.00. The number of hydrogen-bond acceptors (Lipinski definition) is 1. The maximum Gasteiger partial charge on any atom is 0.123 e. The predicted molar refractivity (Wildman–Crippen MR) is 68.4 cm³/mol. The van der Waals surface area contributed by atoms with E-state index in [9.17, 15) is 4.39 Å². The fraction of sp³-hybridized carbons (Fsp3) is 0.200. The molecule has 0 aromatic heterocycles. The van der Waals surface area contributed by atoms with Crippen LogP contribution in [0.15, 0.2) is 54.6 Å². The van der Waals surface area contributed by atoms with Crippen LogP contribution in [0.4, 0.5) is 4.39 Å². The molecule has 0 saturated carbocycles. The first-order valence-electron chi connectivity index (χ1n) is 5.81. The van der Waals surface area contributed by atoms with Crippen molar-refractivity contribution in [3.63, 3.8) is 0 Å². The largest absolute Gasteiger partial charge is 0.330 e. The second-order valence-electron chi connectivity index (χ2n) is 4.09. The molecule has 88 valence electrons. The van der Waals surface area contributed by atoms with Crippen LogP contribution in [0.1, 0.15) is 23.5 Å². The molecular formula is C15H16FN. The highest BCUT2D eigenvalue weighted by atomic mass is 19.1. The van der Waals surface area contributed by atoms with Crippen LogP contribution in [0.25, 0.3) is 0 Å². The average molecular weight is 229 g/mol. The van der Waals surface area contributed by atoms with E-state index in [-0.39, 0.29) is 11.7 Å². The summed E-state index contributed by atoms with van der Waals surface area (Å²) in [4.78, 5) is 0. The van der Waals surface area contributed by atoms with E-state index in [0.29, 0.717) is 6.54 Å². The van der Waals surface area contributed by atoms with Gasteiger partial charge in [0.25, 0.3) is 0 Å². The fourth-order valence-corrected chi connectivity index (χ4v) is 2.07. The van der Waals surface area contributed by atoms with Gasteiger partial charge in [0, 0.05) is 5.92 Å². The summed E-state index contributed by atoms with van der Waals surface area (Å²) in [5.74, 6) is 0.0510. The van der Waals surface area contributed by atoms with Crippen LogP contribution >= 0.6 is 0 Å². The molecule has 0 saturated heterocycles. The molecule has 1 atom stereocenters. The Balaban J connectivity index is 2.32. The van der Waals surface area contributed by atoms with Crippen LogP contribution in [0.3, 0.4) is 0 Å². The van der Waals surface area contributed by atoms with E-state index in [2.05, 4.69) is 12.1 Å². The van der Waals surface area contributed by atoms with Crippen LogP contribution in [0.5, 0.6) is 0 Å². The highest BCUT2D eigenvalue weighted by Crippen LogP contribution is 2.27. The highest BCUT2D eigenvalue weighted by molar-refractivity contribution is 5.32. The van der Waals surface area contributed by atoms with Gasteiger partial charge >= 0.3 is 0 Å². The summed E-state index contributed by atoms with van der Waals surface area (Å²) in [6.07, 6.45) is 0.871. The second kappa shape index (κ2) is 5.60. The number of nitrogens with two attached hydrogens (primary N) is 1. The standard InChI is InChI=1S/C15H16FN/c16-14-8-6-13(7-9-14)15(10-11-17)12-4-2-1-3-5-12/h1-9,15H,10-11,17H2/t15-/m1/s1. The lowest BCUT2D eigenvalue weighted by Crippen LogP contribution is -2.08. The van der Waals surface area contributed by atoms with Gasteiger partial charge in [-0.1, -0.05) is 42.5 Å². The monoisotopic (exact) mass is 229 g/mol. The van der Waals surface area contributed by atoms with Gasteiger partial charge in [-0.15, -0.1) is 0 Å². The highest BCUT2D eigenvalue weighted by Gasteiger charge is 2.12. The number of hydrogen-bond donors (Lipinski definition) is 1. The first-order chi connectivity index (χ1) is 8.31. The van der Waals surface area contributed by atoms with Crippen molar-refractivity contribution in [3.8, 4) is 0 Å². The maximum atomic E-state index is 12.9. The Hall–Kier alpha value is -1.67. The van der Waals surface area contributed by atoms with Gasteiger partial charge in [-0.2, -0.15) is 0 Å². The van der Waals surface area contributed by atoms with E-state index in [1.807, 2.05) is 30.3 Å². The van der Waals surface area contributed by atoms with Crippen molar-refractivity contribution in [3.05, 3.63) is 71.5 Å². The number of rotatable bonds is 4. The summed E-state index contributed by atoms with van der Waals surface area (Å²) < 4.78 is 12.9. The Morgan fingerprint density at radius 1 is 0.882 bits per heavy atom. The summed E-state index contributed by atoms with van der Waals surface area (Å²) in [6.45, 7) is 0.622. The van der Waals surface area contributed by atoms with E-state index in [4.69, 9.17) is 5.73 Å². The summed E-state index contributed by atoms with van der Waals surface area (Å²) in [6, 6.07) is 16.9. The minimum absolute atomic E-state index is 0.201. The quantitative estimate of drug-likeness (QED) is 0.855. The van der Waals surface area contributed by atoms with Gasteiger partial charge in [-0.05, 0) is 36.2 Å². The van der Waals surface area contributed by atoms with Crippen LogP contribution < -0.4 is 5.73 Å². The Morgan fingerprint density at radius 3 is 2.06 bits per heavy atom. The van der Waals surface area contributed by atoms with Crippen molar-refractivity contribution in [2.45, 2.75) is 12.3 Å². The van der Waals surface area contributed by atoms with Crippen molar-refractivity contribution < 1.29 is 4.39 Å². The zero-order valence-electron chi connectivity index (χ0n) is 9.64. The lowest BCUT2D eigenvalue weighted by molar-refractivity contribution is 0.625. The van der Waals surface area contributed by atoms with Gasteiger partial charge in [-0.25, -0.2) is 4.39 Å².